The van der Waals surface area contributed by atoms with Crippen molar-refractivity contribution in [2.45, 2.75) is 32.7 Å². The van der Waals surface area contributed by atoms with E-state index in [-0.39, 0.29) is 11.8 Å². The van der Waals surface area contributed by atoms with E-state index in [2.05, 4.69) is 24.1 Å². The Morgan fingerprint density at radius 2 is 2.00 bits per heavy atom. The molecule has 0 spiro atoms. The minimum atomic E-state index is 0.0402. The summed E-state index contributed by atoms with van der Waals surface area (Å²) in [6.07, 6.45) is 3.93. The SMILES string of the molecule is COc1ccccc1[C@@H](CC(=O)NCc1cccnc1)C(C)C. The number of rotatable bonds is 7. The van der Waals surface area contributed by atoms with E-state index in [0.717, 1.165) is 16.9 Å². The van der Waals surface area contributed by atoms with Crippen LogP contribution < -0.4 is 10.1 Å². The van der Waals surface area contributed by atoms with E-state index in [1.807, 2.05) is 36.4 Å². The summed E-state index contributed by atoms with van der Waals surface area (Å²) in [5, 5.41) is 2.97. The van der Waals surface area contributed by atoms with E-state index in [9.17, 15) is 4.79 Å². The van der Waals surface area contributed by atoms with Crippen LogP contribution in [0.5, 0.6) is 5.75 Å². The molecular weight excluding hydrogens is 288 g/mol. The molecule has 0 saturated carbocycles. The van der Waals surface area contributed by atoms with Crippen LogP contribution in [0.25, 0.3) is 0 Å². The number of amides is 1. The van der Waals surface area contributed by atoms with E-state index in [1.165, 1.54) is 0 Å². The molecule has 1 aromatic carbocycles. The highest BCUT2D eigenvalue weighted by Crippen LogP contribution is 2.34. The van der Waals surface area contributed by atoms with E-state index >= 15 is 0 Å². The molecule has 1 heterocycles. The first-order valence-electron chi connectivity index (χ1n) is 7.90. The van der Waals surface area contributed by atoms with E-state index in [1.54, 1.807) is 19.5 Å². The Hall–Kier alpha value is -2.36. The second-order valence-electron chi connectivity index (χ2n) is 5.93. The molecule has 4 nitrogen and oxygen atoms in total. The van der Waals surface area contributed by atoms with Crippen molar-refractivity contribution in [1.29, 1.82) is 0 Å². The zero-order chi connectivity index (χ0) is 16.7. The molecule has 23 heavy (non-hydrogen) atoms. The molecule has 0 radical (unpaired) electrons. The second kappa shape index (κ2) is 8.32. The van der Waals surface area contributed by atoms with Gasteiger partial charge >= 0.3 is 0 Å². The molecule has 0 fully saturated rings. The van der Waals surface area contributed by atoms with Crippen LogP contribution in [0.15, 0.2) is 48.8 Å². The third-order valence-electron chi connectivity index (χ3n) is 3.96. The van der Waals surface area contributed by atoms with Crippen LogP contribution in [-0.2, 0) is 11.3 Å². The Labute approximate surface area is 137 Å². The number of para-hydroxylation sites is 1. The number of hydrogen-bond acceptors (Lipinski definition) is 3. The van der Waals surface area contributed by atoms with E-state index < -0.39 is 0 Å². The number of pyridine rings is 1. The molecule has 0 unspecified atom stereocenters. The van der Waals surface area contributed by atoms with Gasteiger partial charge in [-0.1, -0.05) is 38.1 Å². The lowest BCUT2D eigenvalue weighted by atomic mass is 9.85. The van der Waals surface area contributed by atoms with E-state index in [4.69, 9.17) is 4.74 Å². The van der Waals surface area contributed by atoms with Gasteiger partial charge in [0.05, 0.1) is 7.11 Å². The van der Waals surface area contributed by atoms with Crippen LogP contribution in [0.2, 0.25) is 0 Å². The van der Waals surface area contributed by atoms with Crippen LogP contribution in [0.4, 0.5) is 0 Å². The lowest BCUT2D eigenvalue weighted by Gasteiger charge is -2.23. The summed E-state index contributed by atoms with van der Waals surface area (Å²) in [6, 6.07) is 11.7. The van der Waals surface area contributed by atoms with Crippen LogP contribution in [0.1, 0.15) is 37.3 Å². The van der Waals surface area contributed by atoms with Crippen LogP contribution in [0.3, 0.4) is 0 Å². The predicted octanol–water partition coefficient (Wildman–Crippen LogP) is 3.54. The number of carbonyl (C=O) groups excluding carboxylic acids is 1. The van der Waals surface area contributed by atoms with Crippen molar-refractivity contribution in [2.24, 2.45) is 5.92 Å². The minimum absolute atomic E-state index is 0.0402. The third kappa shape index (κ3) is 4.81. The molecule has 1 atom stereocenters. The minimum Gasteiger partial charge on any atom is -0.496 e. The molecule has 2 rings (SSSR count). The summed E-state index contributed by atoms with van der Waals surface area (Å²) in [7, 11) is 1.67. The molecule has 0 aliphatic rings. The van der Waals surface area contributed by atoms with Crippen molar-refractivity contribution in [3.8, 4) is 5.75 Å². The van der Waals surface area contributed by atoms with Crippen LogP contribution >= 0.6 is 0 Å². The standard InChI is InChI=1S/C19H24N2O2/c1-14(2)17(16-8-4-5-9-18(16)23-3)11-19(22)21-13-15-7-6-10-20-12-15/h4-10,12,14,17H,11,13H2,1-3H3,(H,21,22)/t17-/m0/s1. The van der Waals surface area contributed by atoms with Gasteiger partial charge in [-0.2, -0.15) is 0 Å². The molecule has 1 N–H and O–H groups in total. The lowest BCUT2D eigenvalue weighted by Crippen LogP contribution is -2.26. The van der Waals surface area contributed by atoms with Gasteiger partial charge in [0.15, 0.2) is 0 Å². The lowest BCUT2D eigenvalue weighted by molar-refractivity contribution is -0.121. The van der Waals surface area contributed by atoms with Gasteiger partial charge in [0.2, 0.25) is 5.91 Å². The number of aromatic nitrogens is 1. The zero-order valence-electron chi connectivity index (χ0n) is 14.0. The van der Waals surface area contributed by atoms with Crippen LogP contribution in [0, 0.1) is 5.92 Å². The summed E-state index contributed by atoms with van der Waals surface area (Å²) >= 11 is 0. The summed E-state index contributed by atoms with van der Waals surface area (Å²) < 4.78 is 5.45. The Balaban J connectivity index is 2.03. The van der Waals surface area contributed by atoms with Crippen molar-refractivity contribution in [3.05, 3.63) is 59.9 Å². The zero-order valence-corrected chi connectivity index (χ0v) is 14.0. The van der Waals surface area contributed by atoms with Gasteiger partial charge < -0.3 is 10.1 Å². The van der Waals surface area contributed by atoms with Gasteiger partial charge in [-0.15, -0.1) is 0 Å². The van der Waals surface area contributed by atoms with Gasteiger partial charge in [0, 0.05) is 25.4 Å². The van der Waals surface area contributed by atoms with Gasteiger partial charge in [-0.3, -0.25) is 9.78 Å². The Bertz CT molecular complexity index is 626. The van der Waals surface area contributed by atoms with Gasteiger partial charge in [-0.05, 0) is 35.1 Å². The maximum atomic E-state index is 12.3. The molecule has 1 aromatic heterocycles. The summed E-state index contributed by atoms with van der Waals surface area (Å²) in [6.45, 7) is 4.76. The van der Waals surface area contributed by atoms with Crippen molar-refractivity contribution < 1.29 is 9.53 Å². The highest BCUT2D eigenvalue weighted by Gasteiger charge is 2.22. The molecule has 0 saturated heterocycles. The predicted molar refractivity (Wildman–Crippen MR) is 91.3 cm³/mol. The van der Waals surface area contributed by atoms with Crippen LogP contribution in [-0.4, -0.2) is 18.0 Å². The van der Waals surface area contributed by atoms with E-state index in [0.29, 0.717) is 18.9 Å². The average molecular weight is 312 g/mol. The summed E-state index contributed by atoms with van der Waals surface area (Å²) in [5.41, 5.74) is 2.08. The normalized spacial score (nSPS) is 12.0. The fraction of sp³-hybridized carbons (Fsp3) is 0.368. The summed E-state index contributed by atoms with van der Waals surface area (Å²) in [5.74, 6) is 1.35. The number of hydrogen-bond donors (Lipinski definition) is 1. The van der Waals surface area contributed by atoms with Gasteiger partial charge in [0.1, 0.15) is 5.75 Å². The number of carbonyl (C=O) groups is 1. The third-order valence-corrected chi connectivity index (χ3v) is 3.96. The number of ether oxygens (including phenoxy) is 1. The highest BCUT2D eigenvalue weighted by atomic mass is 16.5. The average Bonchev–Trinajstić information content (AvgIpc) is 2.58. The molecular formula is C19H24N2O2. The largest absolute Gasteiger partial charge is 0.496 e. The number of nitrogens with zero attached hydrogens (tertiary/aromatic N) is 1. The quantitative estimate of drug-likeness (QED) is 0.851. The van der Waals surface area contributed by atoms with Gasteiger partial charge in [-0.25, -0.2) is 0 Å². The Morgan fingerprint density at radius 3 is 2.65 bits per heavy atom. The first-order chi connectivity index (χ1) is 11.1. The van der Waals surface area contributed by atoms with Crippen molar-refractivity contribution in [1.82, 2.24) is 10.3 Å². The van der Waals surface area contributed by atoms with Crippen molar-refractivity contribution in [2.75, 3.05) is 7.11 Å². The molecule has 0 aliphatic carbocycles. The monoisotopic (exact) mass is 312 g/mol. The summed E-state index contributed by atoms with van der Waals surface area (Å²) in [4.78, 5) is 16.4. The highest BCUT2D eigenvalue weighted by molar-refractivity contribution is 5.77. The molecule has 122 valence electrons. The Morgan fingerprint density at radius 1 is 1.22 bits per heavy atom. The first kappa shape index (κ1) is 17.0. The number of methoxy groups -OCH3 is 1. The van der Waals surface area contributed by atoms with Gasteiger partial charge in [0.25, 0.3) is 0 Å². The van der Waals surface area contributed by atoms with Crippen molar-refractivity contribution in [3.63, 3.8) is 0 Å². The number of nitrogens with one attached hydrogen (secondary N) is 1. The fourth-order valence-electron chi connectivity index (χ4n) is 2.65. The molecule has 0 bridgehead atoms. The molecule has 2 aromatic rings. The van der Waals surface area contributed by atoms with Crippen molar-refractivity contribution >= 4 is 5.91 Å². The fourth-order valence-corrected chi connectivity index (χ4v) is 2.65. The maximum absolute atomic E-state index is 12.3. The number of benzene rings is 1. The molecule has 1 amide bonds. The maximum Gasteiger partial charge on any atom is 0.220 e. The molecule has 4 heteroatoms. The second-order valence-corrected chi connectivity index (χ2v) is 5.93. The Kier molecular flexibility index (Phi) is 6.15. The first-order valence-corrected chi connectivity index (χ1v) is 7.90. The topological polar surface area (TPSA) is 51.2 Å². The smallest absolute Gasteiger partial charge is 0.220 e. The molecule has 0 aliphatic heterocycles.